The highest BCUT2D eigenvalue weighted by Crippen LogP contribution is 2.20. The molecule has 1 fully saturated rings. The van der Waals surface area contributed by atoms with Gasteiger partial charge in [0.25, 0.3) is 0 Å². The molecule has 0 heterocycles. The van der Waals surface area contributed by atoms with Crippen LogP contribution in [0.4, 0.5) is 0 Å². The molecule has 20 heavy (non-hydrogen) atoms. The summed E-state index contributed by atoms with van der Waals surface area (Å²) in [5.74, 6) is -0.0917. The van der Waals surface area contributed by atoms with Gasteiger partial charge < -0.3 is 25.2 Å². The maximum absolute atomic E-state index is 11.7. The summed E-state index contributed by atoms with van der Waals surface area (Å²) in [5.41, 5.74) is 0. The fourth-order valence-electron chi connectivity index (χ4n) is 2.20. The van der Waals surface area contributed by atoms with E-state index in [2.05, 4.69) is 10.6 Å². The van der Waals surface area contributed by atoms with Gasteiger partial charge in [-0.2, -0.15) is 0 Å². The summed E-state index contributed by atoms with van der Waals surface area (Å²) in [7, 11) is 1.59. The molecule has 1 aliphatic rings. The first-order valence-corrected chi connectivity index (χ1v) is 7.43. The van der Waals surface area contributed by atoms with Crippen LogP contribution in [0.5, 0.6) is 0 Å². The molecule has 0 aromatic rings. The van der Waals surface area contributed by atoms with Crippen molar-refractivity contribution in [1.29, 1.82) is 0 Å². The zero-order valence-corrected chi connectivity index (χ0v) is 12.6. The molecule has 0 spiro atoms. The topological polar surface area (TPSA) is 79.8 Å². The van der Waals surface area contributed by atoms with Crippen molar-refractivity contribution in [2.45, 2.75) is 50.9 Å². The van der Waals surface area contributed by atoms with Crippen molar-refractivity contribution in [2.75, 3.05) is 33.4 Å². The molecule has 3 N–H and O–H groups in total. The van der Waals surface area contributed by atoms with Crippen molar-refractivity contribution < 1.29 is 19.4 Å². The molecule has 1 rings (SSSR count). The summed E-state index contributed by atoms with van der Waals surface area (Å²) >= 11 is 0. The molecule has 0 aromatic carbocycles. The summed E-state index contributed by atoms with van der Waals surface area (Å²) in [5, 5.41) is 15.6. The van der Waals surface area contributed by atoms with Crippen LogP contribution >= 0.6 is 0 Å². The number of aliphatic hydroxyl groups excluding tert-OH is 1. The number of carbonyl (C=O) groups excluding carboxylic acids is 1. The Balaban J connectivity index is 2.06. The van der Waals surface area contributed by atoms with Crippen molar-refractivity contribution in [2.24, 2.45) is 0 Å². The molecule has 118 valence electrons. The van der Waals surface area contributed by atoms with Gasteiger partial charge in [0.2, 0.25) is 5.91 Å². The third kappa shape index (κ3) is 7.19. The summed E-state index contributed by atoms with van der Waals surface area (Å²) < 4.78 is 10.5. The Morgan fingerprint density at radius 2 is 2.10 bits per heavy atom. The molecule has 1 saturated carbocycles. The lowest BCUT2D eigenvalue weighted by molar-refractivity contribution is -0.123. The zero-order valence-electron chi connectivity index (χ0n) is 12.6. The number of aliphatic hydroxyl groups is 1. The van der Waals surface area contributed by atoms with Gasteiger partial charge in [-0.05, 0) is 19.8 Å². The largest absolute Gasteiger partial charge is 0.389 e. The number of hydrogen-bond donors (Lipinski definition) is 3. The number of rotatable bonds is 10. The second-order valence-electron chi connectivity index (χ2n) is 5.31. The SMILES string of the molecule is COCCNC(=O)C(C)NCC(O)COC1CCCC1. The first-order chi connectivity index (χ1) is 9.63. The van der Waals surface area contributed by atoms with E-state index in [1.54, 1.807) is 14.0 Å². The summed E-state index contributed by atoms with van der Waals surface area (Å²) in [6.45, 7) is 3.44. The Bertz CT molecular complexity index is 270. The quantitative estimate of drug-likeness (QED) is 0.495. The zero-order chi connectivity index (χ0) is 14.8. The molecule has 0 radical (unpaired) electrons. The molecule has 1 aliphatic carbocycles. The maximum atomic E-state index is 11.7. The lowest BCUT2D eigenvalue weighted by Crippen LogP contribution is -2.46. The number of carbonyl (C=O) groups is 1. The summed E-state index contributed by atoms with van der Waals surface area (Å²) in [6.07, 6.45) is 4.36. The first-order valence-electron chi connectivity index (χ1n) is 7.43. The van der Waals surface area contributed by atoms with Crippen LogP contribution in [0.1, 0.15) is 32.6 Å². The first kappa shape index (κ1) is 17.4. The summed E-state index contributed by atoms with van der Waals surface area (Å²) in [6, 6.07) is -0.340. The van der Waals surface area contributed by atoms with Crippen LogP contribution in [0.15, 0.2) is 0 Å². The third-order valence-corrected chi connectivity index (χ3v) is 3.48. The fraction of sp³-hybridized carbons (Fsp3) is 0.929. The molecular formula is C14H28N2O4. The molecule has 0 bridgehead atoms. The minimum Gasteiger partial charge on any atom is -0.389 e. The van der Waals surface area contributed by atoms with Crippen molar-refractivity contribution in [1.82, 2.24) is 10.6 Å². The Morgan fingerprint density at radius 1 is 1.40 bits per heavy atom. The van der Waals surface area contributed by atoms with E-state index >= 15 is 0 Å². The number of ether oxygens (including phenoxy) is 2. The predicted molar refractivity (Wildman–Crippen MR) is 76.6 cm³/mol. The van der Waals surface area contributed by atoms with Gasteiger partial charge in [0.1, 0.15) is 0 Å². The Labute approximate surface area is 121 Å². The van der Waals surface area contributed by atoms with E-state index in [1.807, 2.05) is 0 Å². The van der Waals surface area contributed by atoms with Crippen LogP contribution in [0.3, 0.4) is 0 Å². The van der Waals surface area contributed by atoms with Crippen LogP contribution in [-0.2, 0) is 14.3 Å². The Hall–Kier alpha value is -0.690. The van der Waals surface area contributed by atoms with E-state index in [-0.39, 0.29) is 11.9 Å². The molecule has 2 unspecified atom stereocenters. The van der Waals surface area contributed by atoms with Gasteiger partial charge in [-0.25, -0.2) is 0 Å². The van der Waals surface area contributed by atoms with E-state index < -0.39 is 6.10 Å². The highest BCUT2D eigenvalue weighted by molar-refractivity contribution is 5.81. The highest BCUT2D eigenvalue weighted by atomic mass is 16.5. The molecule has 2 atom stereocenters. The highest BCUT2D eigenvalue weighted by Gasteiger charge is 2.18. The van der Waals surface area contributed by atoms with Crippen LogP contribution in [0.2, 0.25) is 0 Å². The van der Waals surface area contributed by atoms with E-state index in [4.69, 9.17) is 9.47 Å². The Morgan fingerprint density at radius 3 is 2.75 bits per heavy atom. The van der Waals surface area contributed by atoms with Crippen LogP contribution < -0.4 is 10.6 Å². The summed E-state index contributed by atoms with van der Waals surface area (Å²) in [4.78, 5) is 11.7. The lowest BCUT2D eigenvalue weighted by Gasteiger charge is -2.18. The molecule has 0 aromatic heterocycles. The monoisotopic (exact) mass is 288 g/mol. The standard InChI is InChI=1S/C14H28N2O4/c1-11(14(18)15-7-8-19-2)16-9-12(17)10-20-13-5-3-4-6-13/h11-13,16-17H,3-10H2,1-2H3,(H,15,18). The van der Waals surface area contributed by atoms with Crippen molar-refractivity contribution in [3.8, 4) is 0 Å². The van der Waals surface area contributed by atoms with Gasteiger partial charge in [-0.15, -0.1) is 0 Å². The second-order valence-corrected chi connectivity index (χ2v) is 5.31. The van der Waals surface area contributed by atoms with Gasteiger partial charge >= 0.3 is 0 Å². The normalized spacial score (nSPS) is 18.9. The van der Waals surface area contributed by atoms with Gasteiger partial charge in [-0.3, -0.25) is 4.79 Å². The molecule has 0 saturated heterocycles. The average molecular weight is 288 g/mol. The molecule has 6 nitrogen and oxygen atoms in total. The molecular weight excluding hydrogens is 260 g/mol. The van der Waals surface area contributed by atoms with Crippen LogP contribution in [-0.4, -0.2) is 62.7 Å². The maximum Gasteiger partial charge on any atom is 0.236 e. The van der Waals surface area contributed by atoms with Gasteiger partial charge in [0.05, 0.1) is 31.5 Å². The van der Waals surface area contributed by atoms with Crippen LogP contribution in [0, 0.1) is 0 Å². The number of nitrogens with one attached hydrogen (secondary N) is 2. The smallest absolute Gasteiger partial charge is 0.236 e. The fourth-order valence-corrected chi connectivity index (χ4v) is 2.20. The molecule has 1 amide bonds. The number of amides is 1. The van der Waals surface area contributed by atoms with E-state index in [0.717, 1.165) is 12.8 Å². The van der Waals surface area contributed by atoms with Gasteiger partial charge in [0.15, 0.2) is 0 Å². The van der Waals surface area contributed by atoms with Crippen molar-refractivity contribution in [3.05, 3.63) is 0 Å². The third-order valence-electron chi connectivity index (χ3n) is 3.48. The number of methoxy groups -OCH3 is 1. The molecule has 0 aliphatic heterocycles. The van der Waals surface area contributed by atoms with Crippen molar-refractivity contribution >= 4 is 5.91 Å². The number of hydrogen-bond acceptors (Lipinski definition) is 5. The average Bonchev–Trinajstić information content (AvgIpc) is 2.95. The van der Waals surface area contributed by atoms with E-state index in [9.17, 15) is 9.90 Å². The van der Waals surface area contributed by atoms with E-state index in [1.165, 1.54) is 12.8 Å². The van der Waals surface area contributed by atoms with Crippen LogP contribution in [0.25, 0.3) is 0 Å². The minimum atomic E-state index is -0.579. The lowest BCUT2D eigenvalue weighted by atomic mass is 10.2. The van der Waals surface area contributed by atoms with E-state index in [0.29, 0.717) is 32.4 Å². The predicted octanol–water partition coefficient (Wildman–Crippen LogP) is 0.0472. The second kappa shape index (κ2) is 10.1. The molecule has 6 heteroatoms. The minimum absolute atomic E-state index is 0.0917. The van der Waals surface area contributed by atoms with Gasteiger partial charge in [-0.1, -0.05) is 12.8 Å². The van der Waals surface area contributed by atoms with Gasteiger partial charge in [0, 0.05) is 20.2 Å². The van der Waals surface area contributed by atoms with Crippen molar-refractivity contribution in [3.63, 3.8) is 0 Å². The Kier molecular flexibility index (Phi) is 8.77.